The molecule has 0 N–H and O–H groups in total. The van der Waals surface area contributed by atoms with Crippen LogP contribution < -0.4 is 0 Å². The van der Waals surface area contributed by atoms with Crippen LogP contribution in [0.3, 0.4) is 0 Å². The zero-order valence-electron chi connectivity index (χ0n) is 10.3. The van der Waals surface area contributed by atoms with E-state index in [0.29, 0.717) is 0 Å². The Morgan fingerprint density at radius 3 is 2.07 bits per heavy atom. The number of unbranched alkanes of at least 4 members (excludes halogenated alkanes) is 2. The molecule has 0 aliphatic rings. The van der Waals surface area contributed by atoms with Gasteiger partial charge in [0, 0.05) is 6.54 Å². The van der Waals surface area contributed by atoms with Gasteiger partial charge in [0.2, 0.25) is 0 Å². The molecule has 1 nitrogen and oxygen atoms in total. The van der Waals surface area contributed by atoms with Crippen molar-refractivity contribution in [3.63, 3.8) is 0 Å². The van der Waals surface area contributed by atoms with E-state index < -0.39 is 0 Å². The molecule has 0 atom stereocenters. The molecule has 0 amide bonds. The molecule has 0 radical (unpaired) electrons. The maximum Gasteiger partial charge on any atom is 0.0227 e. The molecule has 0 saturated carbocycles. The van der Waals surface area contributed by atoms with Crippen LogP contribution in [-0.2, 0) is 13.0 Å². The molecule has 0 unspecified atom stereocenters. The second kappa shape index (κ2) is 6.62. The molecule has 1 aromatic rings. The highest BCUT2D eigenvalue weighted by atomic mass is 15.0. The van der Waals surface area contributed by atoms with Gasteiger partial charge in [-0.05, 0) is 38.1 Å². The highest BCUT2D eigenvalue weighted by Crippen LogP contribution is 2.09. The summed E-state index contributed by atoms with van der Waals surface area (Å²) in [4.78, 5) is 2.20. The van der Waals surface area contributed by atoms with Gasteiger partial charge in [0.1, 0.15) is 0 Å². The Kier molecular flexibility index (Phi) is 5.41. The number of hydrogen-bond donors (Lipinski definition) is 0. The van der Waals surface area contributed by atoms with E-state index >= 15 is 0 Å². The summed E-state index contributed by atoms with van der Waals surface area (Å²) in [5, 5.41) is 0. The smallest absolute Gasteiger partial charge is 0.0227 e. The van der Waals surface area contributed by atoms with Crippen LogP contribution in [0.25, 0.3) is 0 Å². The number of nitrogens with zero attached hydrogens (tertiary/aromatic N) is 1. The molecule has 0 fully saturated rings. The van der Waals surface area contributed by atoms with E-state index in [2.05, 4.69) is 50.2 Å². The van der Waals surface area contributed by atoms with E-state index in [-0.39, 0.29) is 0 Å². The van der Waals surface area contributed by atoms with Gasteiger partial charge < -0.3 is 4.90 Å². The molecule has 1 heteroatoms. The average molecular weight is 205 g/mol. The minimum atomic E-state index is 1.04. The largest absolute Gasteiger partial charge is 0.305 e. The van der Waals surface area contributed by atoms with Crippen molar-refractivity contribution in [1.82, 2.24) is 4.90 Å². The van der Waals surface area contributed by atoms with Crippen LogP contribution >= 0.6 is 0 Å². The van der Waals surface area contributed by atoms with E-state index in [4.69, 9.17) is 0 Å². The number of hydrogen-bond acceptors (Lipinski definition) is 1. The Bertz CT molecular complexity index is 261. The first-order valence-electron chi connectivity index (χ1n) is 5.95. The number of aryl methyl sites for hydroxylation is 1. The van der Waals surface area contributed by atoms with Crippen LogP contribution in [0.5, 0.6) is 0 Å². The van der Waals surface area contributed by atoms with Gasteiger partial charge in [-0.2, -0.15) is 0 Å². The van der Waals surface area contributed by atoms with Crippen molar-refractivity contribution in [2.45, 2.75) is 39.2 Å². The first kappa shape index (κ1) is 12.3. The fourth-order valence-corrected chi connectivity index (χ4v) is 1.76. The summed E-state index contributed by atoms with van der Waals surface area (Å²) in [5.74, 6) is 0. The van der Waals surface area contributed by atoms with E-state index in [1.165, 1.54) is 36.8 Å². The lowest BCUT2D eigenvalue weighted by atomic mass is 10.1. The average Bonchev–Trinajstić information content (AvgIpc) is 2.20. The third-order valence-electron chi connectivity index (χ3n) is 2.59. The summed E-state index contributed by atoms with van der Waals surface area (Å²) in [7, 11) is 4.21. The molecule has 0 bridgehead atoms. The van der Waals surface area contributed by atoms with Gasteiger partial charge in [0.05, 0.1) is 0 Å². The van der Waals surface area contributed by atoms with E-state index in [1.54, 1.807) is 0 Å². The van der Waals surface area contributed by atoms with Crippen molar-refractivity contribution in [2.24, 2.45) is 0 Å². The molecular formula is C14H23N. The van der Waals surface area contributed by atoms with E-state index in [1.807, 2.05) is 0 Å². The molecule has 0 aliphatic heterocycles. The second-order valence-electron chi connectivity index (χ2n) is 4.51. The van der Waals surface area contributed by atoms with Gasteiger partial charge in [-0.1, -0.05) is 44.0 Å². The topological polar surface area (TPSA) is 3.24 Å². The molecule has 0 saturated heterocycles. The predicted molar refractivity (Wildman–Crippen MR) is 67.1 cm³/mol. The summed E-state index contributed by atoms with van der Waals surface area (Å²) >= 11 is 0. The molecule has 1 rings (SSSR count). The summed E-state index contributed by atoms with van der Waals surface area (Å²) in [6.45, 7) is 3.29. The SMILES string of the molecule is CCCCCc1ccc(CN(C)C)cc1. The summed E-state index contributed by atoms with van der Waals surface area (Å²) in [6, 6.07) is 9.05. The predicted octanol–water partition coefficient (Wildman–Crippen LogP) is 3.48. The first-order chi connectivity index (χ1) is 7.22. The first-order valence-corrected chi connectivity index (χ1v) is 5.95. The summed E-state index contributed by atoms with van der Waals surface area (Å²) < 4.78 is 0. The van der Waals surface area contributed by atoms with Crippen molar-refractivity contribution in [2.75, 3.05) is 14.1 Å². The minimum Gasteiger partial charge on any atom is -0.305 e. The van der Waals surface area contributed by atoms with Gasteiger partial charge >= 0.3 is 0 Å². The lowest BCUT2D eigenvalue weighted by Gasteiger charge is -2.10. The van der Waals surface area contributed by atoms with Crippen molar-refractivity contribution < 1.29 is 0 Å². The Balaban J connectivity index is 2.42. The number of rotatable bonds is 6. The normalized spacial score (nSPS) is 10.9. The molecule has 0 aliphatic carbocycles. The molecule has 0 spiro atoms. The molecule has 0 heterocycles. The van der Waals surface area contributed by atoms with Crippen molar-refractivity contribution >= 4 is 0 Å². The molecule has 1 aromatic carbocycles. The van der Waals surface area contributed by atoms with Crippen LogP contribution in [0.1, 0.15) is 37.3 Å². The van der Waals surface area contributed by atoms with Crippen molar-refractivity contribution in [1.29, 1.82) is 0 Å². The van der Waals surface area contributed by atoms with Gasteiger partial charge in [-0.25, -0.2) is 0 Å². The van der Waals surface area contributed by atoms with Gasteiger partial charge in [-0.15, -0.1) is 0 Å². The fraction of sp³-hybridized carbons (Fsp3) is 0.571. The maximum atomic E-state index is 2.27. The standard InChI is InChI=1S/C14H23N/c1-4-5-6-7-13-8-10-14(11-9-13)12-15(2)3/h8-11H,4-7,12H2,1-3H3. The van der Waals surface area contributed by atoms with Crippen molar-refractivity contribution in [3.8, 4) is 0 Å². The second-order valence-corrected chi connectivity index (χ2v) is 4.51. The Hall–Kier alpha value is -0.820. The van der Waals surface area contributed by atoms with Gasteiger partial charge in [0.25, 0.3) is 0 Å². The zero-order chi connectivity index (χ0) is 11.1. The van der Waals surface area contributed by atoms with E-state index in [0.717, 1.165) is 6.54 Å². The quantitative estimate of drug-likeness (QED) is 0.643. The fourth-order valence-electron chi connectivity index (χ4n) is 1.76. The monoisotopic (exact) mass is 205 g/mol. The minimum absolute atomic E-state index is 1.04. The lowest BCUT2D eigenvalue weighted by molar-refractivity contribution is 0.402. The van der Waals surface area contributed by atoms with Crippen LogP contribution in [0.15, 0.2) is 24.3 Å². The maximum absolute atomic E-state index is 2.27. The summed E-state index contributed by atoms with van der Waals surface area (Å²) in [6.07, 6.45) is 5.21. The number of benzene rings is 1. The zero-order valence-corrected chi connectivity index (χ0v) is 10.3. The van der Waals surface area contributed by atoms with Crippen LogP contribution in [0, 0.1) is 0 Å². The van der Waals surface area contributed by atoms with Crippen LogP contribution in [-0.4, -0.2) is 19.0 Å². The van der Waals surface area contributed by atoms with Crippen LogP contribution in [0.4, 0.5) is 0 Å². The van der Waals surface area contributed by atoms with Gasteiger partial charge in [-0.3, -0.25) is 0 Å². The Morgan fingerprint density at radius 2 is 1.53 bits per heavy atom. The summed E-state index contributed by atoms with van der Waals surface area (Å²) in [5.41, 5.74) is 2.88. The van der Waals surface area contributed by atoms with Gasteiger partial charge in [0.15, 0.2) is 0 Å². The molecule has 0 aromatic heterocycles. The molecule has 15 heavy (non-hydrogen) atoms. The highest BCUT2D eigenvalue weighted by molar-refractivity contribution is 5.22. The lowest BCUT2D eigenvalue weighted by Crippen LogP contribution is -2.10. The van der Waals surface area contributed by atoms with Crippen molar-refractivity contribution in [3.05, 3.63) is 35.4 Å². The van der Waals surface area contributed by atoms with Crippen LogP contribution in [0.2, 0.25) is 0 Å². The third kappa shape index (κ3) is 4.98. The van der Waals surface area contributed by atoms with E-state index in [9.17, 15) is 0 Å². The Morgan fingerprint density at radius 1 is 0.933 bits per heavy atom. The Labute approximate surface area is 94.1 Å². The third-order valence-corrected chi connectivity index (χ3v) is 2.59. The molecule has 84 valence electrons. The molecular weight excluding hydrogens is 182 g/mol. The highest BCUT2D eigenvalue weighted by Gasteiger charge is 1.96.